The van der Waals surface area contributed by atoms with Crippen LogP contribution in [0.25, 0.3) is 0 Å². The molecule has 0 aromatic carbocycles. The molecule has 64 valence electrons. The van der Waals surface area contributed by atoms with Crippen molar-refractivity contribution in [1.29, 1.82) is 0 Å². The molecular formula is C7H7NO4. The maximum absolute atomic E-state index is 10.9. The van der Waals surface area contributed by atoms with Gasteiger partial charge in [0.1, 0.15) is 5.75 Å². The van der Waals surface area contributed by atoms with Crippen LogP contribution >= 0.6 is 0 Å². The van der Waals surface area contributed by atoms with E-state index in [2.05, 4.69) is 9.73 Å². The van der Waals surface area contributed by atoms with Crippen LogP contribution < -0.4 is 10.9 Å². The summed E-state index contributed by atoms with van der Waals surface area (Å²) in [4.78, 5) is 21.5. The molecule has 0 fully saturated rings. The minimum Gasteiger partial charge on any atom is -0.508 e. The van der Waals surface area contributed by atoms with E-state index in [-0.39, 0.29) is 11.5 Å². The molecule has 1 heterocycles. The quantitative estimate of drug-likeness (QED) is 0.605. The molecular weight excluding hydrogens is 162 g/mol. The zero-order valence-corrected chi connectivity index (χ0v) is 6.33. The molecule has 0 bridgehead atoms. The van der Waals surface area contributed by atoms with E-state index in [9.17, 15) is 9.59 Å². The van der Waals surface area contributed by atoms with Gasteiger partial charge in [0.05, 0.1) is 6.07 Å². The largest absolute Gasteiger partial charge is 0.508 e. The molecule has 0 atom stereocenters. The van der Waals surface area contributed by atoms with Crippen molar-refractivity contribution in [2.75, 3.05) is 7.05 Å². The average Bonchev–Trinajstić information content (AvgIpc) is 2.01. The molecule has 0 saturated heterocycles. The first-order valence-electron chi connectivity index (χ1n) is 3.19. The zero-order valence-electron chi connectivity index (χ0n) is 6.33. The highest BCUT2D eigenvalue weighted by molar-refractivity contribution is 5.91. The van der Waals surface area contributed by atoms with Crippen molar-refractivity contribution < 1.29 is 14.3 Å². The maximum atomic E-state index is 10.9. The number of hydrogen-bond donors (Lipinski definition) is 2. The maximum Gasteiger partial charge on any atom is 0.340 e. The second kappa shape index (κ2) is 3.08. The summed E-state index contributed by atoms with van der Waals surface area (Å²) < 4.78 is 4.48. The summed E-state index contributed by atoms with van der Waals surface area (Å²) in [5.74, 6) is -1.05. The van der Waals surface area contributed by atoms with Crippen LogP contribution in [0.4, 0.5) is 0 Å². The van der Waals surface area contributed by atoms with Gasteiger partial charge in [-0.15, -0.1) is 0 Å². The van der Waals surface area contributed by atoms with Gasteiger partial charge in [-0.1, -0.05) is 0 Å². The van der Waals surface area contributed by atoms with Gasteiger partial charge < -0.3 is 14.8 Å². The summed E-state index contributed by atoms with van der Waals surface area (Å²) in [7, 11) is 1.40. The SMILES string of the molecule is CNC(=O)c1cc(O)cc(=O)o1. The zero-order chi connectivity index (χ0) is 9.14. The molecule has 1 aromatic heterocycles. The first-order chi connectivity index (χ1) is 5.63. The molecule has 0 aliphatic rings. The van der Waals surface area contributed by atoms with Gasteiger partial charge in [-0.05, 0) is 0 Å². The van der Waals surface area contributed by atoms with Crippen molar-refractivity contribution in [3.63, 3.8) is 0 Å². The molecule has 2 N–H and O–H groups in total. The summed E-state index contributed by atoms with van der Waals surface area (Å²) in [5.41, 5.74) is -0.756. The van der Waals surface area contributed by atoms with Crippen molar-refractivity contribution in [2.24, 2.45) is 0 Å². The number of rotatable bonds is 1. The number of nitrogens with one attached hydrogen (secondary N) is 1. The van der Waals surface area contributed by atoms with Crippen LogP contribution in [0.3, 0.4) is 0 Å². The second-order valence-electron chi connectivity index (χ2n) is 2.08. The van der Waals surface area contributed by atoms with Crippen molar-refractivity contribution >= 4 is 5.91 Å². The average molecular weight is 169 g/mol. The predicted molar refractivity (Wildman–Crippen MR) is 40.0 cm³/mol. The summed E-state index contributed by atoms with van der Waals surface area (Å²) in [6, 6.07) is 1.95. The lowest BCUT2D eigenvalue weighted by Gasteiger charge is -1.96. The molecule has 0 spiro atoms. The van der Waals surface area contributed by atoms with Crippen molar-refractivity contribution in [1.82, 2.24) is 5.32 Å². The molecule has 0 saturated carbocycles. The highest BCUT2D eigenvalue weighted by Gasteiger charge is 2.07. The van der Waals surface area contributed by atoms with Crippen LogP contribution in [0.2, 0.25) is 0 Å². The third kappa shape index (κ3) is 1.63. The van der Waals surface area contributed by atoms with E-state index < -0.39 is 11.5 Å². The summed E-state index contributed by atoms with van der Waals surface area (Å²) >= 11 is 0. The Morgan fingerprint density at radius 1 is 1.58 bits per heavy atom. The summed E-state index contributed by atoms with van der Waals surface area (Å²) in [6.45, 7) is 0. The lowest BCUT2D eigenvalue weighted by molar-refractivity contribution is 0.0930. The van der Waals surface area contributed by atoms with E-state index in [0.717, 1.165) is 12.1 Å². The number of carbonyl (C=O) groups excluding carboxylic acids is 1. The number of hydrogen-bond acceptors (Lipinski definition) is 4. The van der Waals surface area contributed by atoms with Crippen LogP contribution in [0.15, 0.2) is 21.3 Å². The Morgan fingerprint density at radius 3 is 2.75 bits per heavy atom. The van der Waals surface area contributed by atoms with Crippen LogP contribution in [0, 0.1) is 0 Å². The fraction of sp³-hybridized carbons (Fsp3) is 0.143. The third-order valence-electron chi connectivity index (χ3n) is 1.21. The molecule has 1 amide bonds. The normalized spacial score (nSPS) is 9.42. The Morgan fingerprint density at radius 2 is 2.25 bits per heavy atom. The smallest absolute Gasteiger partial charge is 0.340 e. The second-order valence-corrected chi connectivity index (χ2v) is 2.08. The minimum atomic E-state index is -0.756. The molecule has 0 aliphatic carbocycles. The minimum absolute atomic E-state index is 0.206. The van der Waals surface area contributed by atoms with E-state index >= 15 is 0 Å². The number of aromatic hydroxyl groups is 1. The van der Waals surface area contributed by atoms with Gasteiger partial charge in [-0.3, -0.25) is 4.79 Å². The Kier molecular flexibility index (Phi) is 2.14. The van der Waals surface area contributed by atoms with Crippen LogP contribution in [0.1, 0.15) is 10.6 Å². The van der Waals surface area contributed by atoms with Crippen molar-refractivity contribution in [3.8, 4) is 5.75 Å². The Bertz CT molecular complexity index is 355. The van der Waals surface area contributed by atoms with Gasteiger partial charge in [0.15, 0.2) is 5.76 Å². The van der Waals surface area contributed by atoms with E-state index in [1.54, 1.807) is 0 Å². The van der Waals surface area contributed by atoms with E-state index in [1.165, 1.54) is 7.05 Å². The highest BCUT2D eigenvalue weighted by atomic mass is 16.4. The fourth-order valence-electron chi connectivity index (χ4n) is 0.699. The van der Waals surface area contributed by atoms with Gasteiger partial charge in [0.2, 0.25) is 0 Å². The Balaban J connectivity index is 3.17. The lowest BCUT2D eigenvalue weighted by Crippen LogP contribution is -2.19. The Hall–Kier alpha value is -1.78. The van der Waals surface area contributed by atoms with Gasteiger partial charge >= 0.3 is 5.63 Å². The molecule has 1 rings (SSSR count). The first-order valence-corrected chi connectivity index (χ1v) is 3.19. The van der Waals surface area contributed by atoms with E-state index in [0.29, 0.717) is 0 Å². The molecule has 5 nitrogen and oxygen atoms in total. The van der Waals surface area contributed by atoms with Crippen LogP contribution in [-0.2, 0) is 0 Å². The van der Waals surface area contributed by atoms with Gasteiger partial charge in [0, 0.05) is 13.1 Å². The molecule has 12 heavy (non-hydrogen) atoms. The topological polar surface area (TPSA) is 79.5 Å². The van der Waals surface area contributed by atoms with Crippen LogP contribution in [-0.4, -0.2) is 18.1 Å². The monoisotopic (exact) mass is 169 g/mol. The Labute approximate surface area is 67.6 Å². The molecule has 5 heteroatoms. The van der Waals surface area contributed by atoms with Crippen LogP contribution in [0.5, 0.6) is 5.75 Å². The number of carbonyl (C=O) groups is 1. The van der Waals surface area contributed by atoms with Gasteiger partial charge in [-0.2, -0.15) is 0 Å². The molecule has 0 aliphatic heterocycles. The molecule has 0 radical (unpaired) electrons. The van der Waals surface area contributed by atoms with Crippen molar-refractivity contribution in [3.05, 3.63) is 28.3 Å². The third-order valence-corrected chi connectivity index (χ3v) is 1.21. The fourth-order valence-corrected chi connectivity index (χ4v) is 0.699. The highest BCUT2D eigenvalue weighted by Crippen LogP contribution is 2.06. The van der Waals surface area contributed by atoms with Gasteiger partial charge in [0.25, 0.3) is 5.91 Å². The standard InChI is InChI=1S/C7H7NO4/c1-8-7(11)5-2-4(9)3-6(10)12-5/h2-3,9H,1H3,(H,8,11). The summed E-state index contributed by atoms with van der Waals surface area (Å²) in [6.07, 6.45) is 0. The number of amides is 1. The summed E-state index contributed by atoms with van der Waals surface area (Å²) in [5, 5.41) is 11.2. The van der Waals surface area contributed by atoms with Gasteiger partial charge in [-0.25, -0.2) is 4.79 Å². The lowest BCUT2D eigenvalue weighted by atomic mass is 10.3. The van der Waals surface area contributed by atoms with E-state index in [4.69, 9.17) is 5.11 Å². The molecule has 1 aromatic rings. The van der Waals surface area contributed by atoms with Crippen molar-refractivity contribution in [2.45, 2.75) is 0 Å². The predicted octanol–water partition coefficient (Wildman–Crippen LogP) is -0.295. The van der Waals surface area contributed by atoms with E-state index in [1.807, 2.05) is 0 Å². The molecule has 0 unspecified atom stereocenters. The first kappa shape index (κ1) is 8.32.